The highest BCUT2D eigenvalue weighted by Gasteiger charge is 2.26. The number of aldehydes is 1. The molecule has 378 valence electrons. The molecule has 0 bridgehead atoms. The van der Waals surface area contributed by atoms with E-state index in [1.165, 1.54) is 124 Å². The molecule has 0 saturated carbocycles. The molecule has 1 fully saturated rings. The number of carbonyl (C=O) groups excluding carboxylic acids is 1. The highest BCUT2D eigenvalue weighted by Crippen LogP contribution is 2.42. The van der Waals surface area contributed by atoms with Crippen molar-refractivity contribution >= 4 is 45.9 Å². The lowest BCUT2D eigenvalue weighted by Crippen LogP contribution is -2.19. The maximum atomic E-state index is 11.5. The Morgan fingerprint density at radius 3 is 1.91 bits per heavy atom. The summed E-state index contributed by atoms with van der Waals surface area (Å²) < 4.78 is 2.44. The normalized spacial score (nSPS) is 12.6. The van der Waals surface area contributed by atoms with Gasteiger partial charge in [-0.05, 0) is 178 Å². The molecule has 5 rings (SSSR count). The molecule has 0 amide bonds. The number of unbranched alkanes of at least 4 members (excludes halogenated alkanes) is 4. The summed E-state index contributed by atoms with van der Waals surface area (Å²) in [7, 11) is 6.46. The lowest BCUT2D eigenvalue weighted by Gasteiger charge is -2.25. The van der Waals surface area contributed by atoms with Gasteiger partial charge >= 0.3 is 0 Å². The third-order valence-corrected chi connectivity index (χ3v) is 13.6. The van der Waals surface area contributed by atoms with Crippen molar-refractivity contribution in [1.29, 1.82) is 0 Å². The number of nitrogens with one attached hydrogen (secondary N) is 1. The monoisotopic (exact) mass is 929 g/mol. The summed E-state index contributed by atoms with van der Waals surface area (Å²) in [6.07, 6.45) is 15.0. The molecule has 2 heterocycles. The van der Waals surface area contributed by atoms with Crippen LogP contribution in [0.3, 0.4) is 0 Å². The number of carbonyl (C=O) groups is 1. The lowest BCUT2D eigenvalue weighted by molar-refractivity contribution is -0.104. The van der Waals surface area contributed by atoms with Gasteiger partial charge in [0.1, 0.15) is 12.1 Å². The van der Waals surface area contributed by atoms with Crippen LogP contribution in [0.2, 0.25) is 0 Å². The summed E-state index contributed by atoms with van der Waals surface area (Å²) in [6.45, 7) is 47.8. The van der Waals surface area contributed by atoms with Gasteiger partial charge < -0.3 is 19.7 Å². The Morgan fingerprint density at radius 2 is 1.43 bits per heavy atom. The average Bonchev–Trinajstić information content (AvgIpc) is 4.13. The van der Waals surface area contributed by atoms with Crippen LogP contribution in [0.4, 0.5) is 11.5 Å². The van der Waals surface area contributed by atoms with E-state index in [2.05, 4.69) is 159 Å². The summed E-state index contributed by atoms with van der Waals surface area (Å²) in [5, 5.41) is 4.76. The van der Waals surface area contributed by atoms with Crippen molar-refractivity contribution in [3.63, 3.8) is 0 Å². The third kappa shape index (κ3) is 16.4. The van der Waals surface area contributed by atoms with E-state index in [1.807, 2.05) is 54.7 Å². The van der Waals surface area contributed by atoms with Gasteiger partial charge in [0, 0.05) is 57.4 Å². The SMILES string of the molecule is C=C(C)/C(=C(/C)NC)c1c(C)ccc(/C(CCCC)=C(\C)C=O)c1C.C=Cc1cc(C)c(C)c(C)c1.CC.CC.CCCCCCC(C)c1cc(N(C)CCC)c2c(cc(N3CC3)n2C)c1CC. The minimum Gasteiger partial charge on any atom is -0.391 e. The fourth-order valence-electron chi connectivity index (χ4n) is 9.34. The minimum atomic E-state index is 0.634. The van der Waals surface area contributed by atoms with Crippen LogP contribution < -0.4 is 15.1 Å². The van der Waals surface area contributed by atoms with E-state index in [-0.39, 0.29) is 0 Å². The van der Waals surface area contributed by atoms with Gasteiger partial charge in [0.25, 0.3) is 0 Å². The highest BCUT2D eigenvalue weighted by atomic mass is 16.1. The number of hydrogen-bond acceptors (Lipinski definition) is 4. The van der Waals surface area contributed by atoms with Crippen molar-refractivity contribution in [2.45, 2.75) is 188 Å². The van der Waals surface area contributed by atoms with Crippen molar-refractivity contribution in [1.82, 2.24) is 9.88 Å². The fourth-order valence-corrected chi connectivity index (χ4v) is 9.34. The molecule has 1 aromatic heterocycles. The first-order chi connectivity index (χ1) is 32.5. The number of benzene rings is 3. The van der Waals surface area contributed by atoms with Gasteiger partial charge in [-0.15, -0.1) is 0 Å². The predicted molar refractivity (Wildman–Crippen MR) is 309 cm³/mol. The Bertz CT molecular complexity index is 2250. The van der Waals surface area contributed by atoms with E-state index in [4.69, 9.17) is 0 Å². The molecule has 1 atom stereocenters. The number of nitrogens with zero attached hydrogens (tertiary/aromatic N) is 3. The summed E-state index contributed by atoms with van der Waals surface area (Å²) in [4.78, 5) is 16.4. The summed E-state index contributed by atoms with van der Waals surface area (Å²) in [6, 6.07) is 13.7. The first kappa shape index (κ1) is 61.2. The second kappa shape index (κ2) is 31.4. The number of rotatable bonds is 20. The van der Waals surface area contributed by atoms with E-state index in [1.54, 1.807) is 11.1 Å². The molecule has 1 N–H and O–H groups in total. The highest BCUT2D eigenvalue weighted by molar-refractivity contribution is 5.99. The quantitative estimate of drug-likeness (QED) is 0.0315. The first-order valence-electron chi connectivity index (χ1n) is 26.6. The van der Waals surface area contributed by atoms with Crippen LogP contribution in [0.1, 0.15) is 202 Å². The van der Waals surface area contributed by atoms with Crippen LogP contribution >= 0.6 is 0 Å². The zero-order chi connectivity index (χ0) is 51.8. The number of hydrogen-bond donors (Lipinski definition) is 1. The number of aryl methyl sites for hydroxylation is 5. The average molecular weight is 930 g/mol. The van der Waals surface area contributed by atoms with Crippen molar-refractivity contribution in [2.75, 3.05) is 43.5 Å². The Labute approximate surface area is 419 Å². The molecule has 4 aromatic rings. The summed E-state index contributed by atoms with van der Waals surface area (Å²) in [5.74, 6) is 2.03. The molecule has 1 aliphatic rings. The fraction of sp³-hybridized carbons (Fsp3) is 0.540. The maximum absolute atomic E-state index is 11.5. The molecule has 1 saturated heterocycles. The molecule has 5 nitrogen and oxygen atoms in total. The van der Waals surface area contributed by atoms with Crippen molar-refractivity contribution in [2.24, 2.45) is 7.05 Å². The van der Waals surface area contributed by atoms with E-state index in [9.17, 15) is 4.79 Å². The molecule has 1 unspecified atom stereocenters. The van der Waals surface area contributed by atoms with Crippen LogP contribution in [-0.4, -0.2) is 44.6 Å². The van der Waals surface area contributed by atoms with Crippen LogP contribution in [0.25, 0.3) is 28.1 Å². The van der Waals surface area contributed by atoms with Crippen LogP contribution in [0.5, 0.6) is 0 Å². The predicted octanol–water partition coefficient (Wildman–Crippen LogP) is 17.8. The van der Waals surface area contributed by atoms with Gasteiger partial charge in [0.2, 0.25) is 0 Å². The van der Waals surface area contributed by atoms with Crippen LogP contribution in [0.15, 0.2) is 66.4 Å². The van der Waals surface area contributed by atoms with Crippen LogP contribution in [-0.2, 0) is 18.3 Å². The standard InChI is InChI=1S/C25H41N3.C23H33NO.C11H14.2C2H6/c1-7-10-11-12-13-19(4)21-17-23(26(5)14-8-2)25-22(20(21)9-3)18-24(27(25)6)28-15-16-28;1-9-10-11-20(17(5)14-25)21-13-12-16(4)23(18(21)6)22(15(2)3)19(7)24-8;1-5-11-6-8(2)10(4)9(3)7-11;2*1-2/h17-19H,7-16H2,1-6H3;12-14,24H,2,9-11H2,1,3-8H3;5-7H,1H2,2-4H3;2*1-2H3/b;20-17+,22-19+;;;. The molecule has 0 spiro atoms. The van der Waals surface area contributed by atoms with Crippen LogP contribution in [0, 0.1) is 34.6 Å². The molecular formula is C63H100N4O. The lowest BCUT2D eigenvalue weighted by atomic mass is 9.84. The van der Waals surface area contributed by atoms with Crippen molar-refractivity contribution in [3.05, 3.63) is 122 Å². The second-order valence-corrected chi connectivity index (χ2v) is 18.6. The molecule has 0 aliphatic carbocycles. The third-order valence-electron chi connectivity index (χ3n) is 13.6. The zero-order valence-corrected chi connectivity index (χ0v) is 47.6. The van der Waals surface area contributed by atoms with Crippen molar-refractivity contribution < 1.29 is 4.79 Å². The van der Waals surface area contributed by atoms with Gasteiger partial charge in [-0.3, -0.25) is 4.79 Å². The molecule has 1 aliphatic heterocycles. The van der Waals surface area contributed by atoms with E-state index >= 15 is 0 Å². The second-order valence-electron chi connectivity index (χ2n) is 18.6. The molecule has 68 heavy (non-hydrogen) atoms. The summed E-state index contributed by atoms with van der Waals surface area (Å²) in [5.41, 5.74) is 21.5. The smallest absolute Gasteiger partial charge is 0.146 e. The Kier molecular flexibility index (Phi) is 28.3. The van der Waals surface area contributed by atoms with Gasteiger partial charge in [0.05, 0.1) is 11.2 Å². The number of fused-ring (bicyclic) bond motifs is 1. The Hall–Kier alpha value is -4.77. The van der Waals surface area contributed by atoms with Crippen molar-refractivity contribution in [3.8, 4) is 0 Å². The van der Waals surface area contributed by atoms with Gasteiger partial charge in [-0.1, -0.05) is 138 Å². The van der Waals surface area contributed by atoms with E-state index < -0.39 is 0 Å². The maximum Gasteiger partial charge on any atom is 0.146 e. The molecule has 5 heteroatoms. The minimum absolute atomic E-state index is 0.634. The van der Waals surface area contributed by atoms with Gasteiger partial charge in [-0.2, -0.15) is 0 Å². The molecule has 0 radical (unpaired) electrons. The topological polar surface area (TPSA) is 40.3 Å². The van der Waals surface area contributed by atoms with Gasteiger partial charge in [-0.25, -0.2) is 0 Å². The summed E-state index contributed by atoms with van der Waals surface area (Å²) >= 11 is 0. The number of aromatic nitrogens is 1. The Balaban J connectivity index is 0.000000529. The Morgan fingerprint density at radius 1 is 0.824 bits per heavy atom. The molecule has 3 aromatic carbocycles. The molecular weight excluding hydrogens is 829 g/mol. The first-order valence-corrected chi connectivity index (χ1v) is 26.6. The number of allylic oxidation sites excluding steroid dienone is 5. The van der Waals surface area contributed by atoms with E-state index in [0.717, 1.165) is 60.9 Å². The zero-order valence-electron chi connectivity index (χ0n) is 47.6. The van der Waals surface area contributed by atoms with E-state index in [0.29, 0.717) is 5.92 Å². The van der Waals surface area contributed by atoms with Gasteiger partial charge in [0.15, 0.2) is 0 Å². The largest absolute Gasteiger partial charge is 0.391 e. The number of anilines is 2.